The Bertz CT molecular complexity index is 1720. The van der Waals surface area contributed by atoms with Gasteiger partial charge >= 0.3 is 0 Å². The molecule has 218 valence electrons. The second kappa shape index (κ2) is 14.5. The summed E-state index contributed by atoms with van der Waals surface area (Å²) in [7, 11) is 5.27. The van der Waals surface area contributed by atoms with Gasteiger partial charge in [0.1, 0.15) is 35.8 Å². The van der Waals surface area contributed by atoms with Crippen molar-refractivity contribution < 1.29 is 18.3 Å². The van der Waals surface area contributed by atoms with Gasteiger partial charge < -0.3 is 28.5 Å². The number of fused-ring (bicyclic) bond motifs is 2. The maximum Gasteiger partial charge on any atom is 0.231 e. The summed E-state index contributed by atoms with van der Waals surface area (Å²) in [4.78, 5) is 18.9. The Kier molecular flexibility index (Phi) is 10.5. The number of alkyl halides is 1. The van der Waals surface area contributed by atoms with Crippen LogP contribution in [0.5, 0.6) is 11.5 Å². The lowest BCUT2D eigenvalue weighted by Crippen LogP contribution is -2.11. The maximum atomic E-state index is 5.41. The minimum atomic E-state index is 0.587. The molecule has 42 heavy (non-hydrogen) atoms. The largest absolute Gasteiger partial charge is 0.497 e. The van der Waals surface area contributed by atoms with E-state index < -0.39 is 0 Å². The fourth-order valence-corrected chi connectivity index (χ4v) is 4.10. The zero-order valence-corrected chi connectivity index (χ0v) is 26.5. The van der Waals surface area contributed by atoms with Crippen LogP contribution in [0, 0.1) is 13.8 Å². The first-order valence-electron chi connectivity index (χ1n) is 13.1. The highest BCUT2D eigenvalue weighted by Gasteiger charge is 2.15. The molecule has 6 aromatic rings. The number of aryl methyl sites for hydroxylation is 2. The monoisotopic (exact) mass is 678 g/mol. The molecule has 0 saturated heterocycles. The molecular weight excluding hydrogens is 645 g/mol. The highest BCUT2D eigenvalue weighted by Crippen LogP contribution is 2.32. The normalized spacial score (nSPS) is 10.4. The van der Waals surface area contributed by atoms with Crippen LogP contribution in [-0.2, 0) is 0 Å². The number of nitrogens with one attached hydrogen (secondary N) is 1. The molecule has 6 rings (SSSR count). The van der Waals surface area contributed by atoms with Gasteiger partial charge in [0.25, 0.3) is 0 Å². The lowest BCUT2D eigenvalue weighted by molar-refractivity contribution is 0.415. The van der Waals surface area contributed by atoms with Gasteiger partial charge in [-0.1, -0.05) is 29.5 Å². The van der Waals surface area contributed by atoms with Gasteiger partial charge in [0.2, 0.25) is 11.4 Å². The molecule has 0 bridgehead atoms. The summed E-state index contributed by atoms with van der Waals surface area (Å²) in [5.74, 6) is 3.21. The summed E-state index contributed by atoms with van der Waals surface area (Å²) in [6, 6.07) is 15.5. The molecule has 0 aliphatic carbocycles. The maximum absolute atomic E-state index is 5.41. The molecule has 0 saturated carbocycles. The van der Waals surface area contributed by atoms with Gasteiger partial charge in [-0.15, -0.1) is 0 Å². The highest BCUT2D eigenvalue weighted by atomic mass is 127. The third-order valence-electron chi connectivity index (χ3n) is 6.22. The Morgan fingerprint density at radius 2 is 1.26 bits per heavy atom. The van der Waals surface area contributed by atoms with Crippen LogP contribution in [0.4, 0.5) is 23.0 Å². The molecular formula is C31H33IN6O4. The van der Waals surface area contributed by atoms with Crippen molar-refractivity contribution in [1.82, 2.24) is 19.9 Å². The zero-order valence-electron chi connectivity index (χ0n) is 24.4. The van der Waals surface area contributed by atoms with Crippen molar-refractivity contribution in [2.24, 2.45) is 0 Å². The Morgan fingerprint density at radius 1 is 0.762 bits per heavy atom. The molecule has 0 radical (unpaired) electrons. The third kappa shape index (κ3) is 7.08. The number of rotatable bonds is 6. The summed E-state index contributed by atoms with van der Waals surface area (Å²) < 4.78 is 22.3. The smallest absolute Gasteiger partial charge is 0.231 e. The highest BCUT2D eigenvalue weighted by molar-refractivity contribution is 14.1. The van der Waals surface area contributed by atoms with Crippen molar-refractivity contribution in [3.63, 3.8) is 0 Å². The van der Waals surface area contributed by atoms with Crippen molar-refractivity contribution in [3.05, 3.63) is 84.8 Å². The second-order valence-corrected chi connectivity index (χ2v) is 10.5. The number of halogens is 1. The summed E-state index contributed by atoms with van der Waals surface area (Å²) >= 11 is 2.29. The van der Waals surface area contributed by atoms with Crippen LogP contribution in [0.25, 0.3) is 22.2 Å². The third-order valence-corrected chi connectivity index (χ3v) is 6.22. The van der Waals surface area contributed by atoms with Gasteiger partial charge in [0, 0.05) is 29.5 Å². The molecule has 4 heterocycles. The van der Waals surface area contributed by atoms with E-state index in [1.54, 1.807) is 26.7 Å². The first kappa shape index (κ1) is 30.6. The van der Waals surface area contributed by atoms with E-state index in [4.69, 9.17) is 18.3 Å². The zero-order chi connectivity index (χ0) is 30.1. The molecule has 0 unspecified atom stereocenters. The number of ether oxygens (including phenoxy) is 2. The van der Waals surface area contributed by atoms with Gasteiger partial charge in [0.15, 0.2) is 0 Å². The van der Waals surface area contributed by atoms with Crippen molar-refractivity contribution in [2.45, 2.75) is 20.8 Å². The van der Waals surface area contributed by atoms with Crippen LogP contribution in [0.1, 0.15) is 18.1 Å². The van der Waals surface area contributed by atoms with Crippen molar-refractivity contribution in [2.75, 3.05) is 35.9 Å². The average molecular weight is 679 g/mol. The van der Waals surface area contributed by atoms with Crippen molar-refractivity contribution in [1.29, 1.82) is 0 Å². The van der Waals surface area contributed by atoms with E-state index in [9.17, 15) is 0 Å². The van der Waals surface area contributed by atoms with Crippen LogP contribution in [0.15, 0.2) is 82.5 Å². The van der Waals surface area contributed by atoms with Crippen molar-refractivity contribution >= 4 is 67.8 Å². The molecule has 10 nitrogen and oxygen atoms in total. The number of anilines is 4. The van der Waals surface area contributed by atoms with E-state index in [0.29, 0.717) is 11.4 Å². The Hall–Kier alpha value is -4.39. The lowest BCUT2D eigenvalue weighted by Gasteiger charge is -2.19. The van der Waals surface area contributed by atoms with Crippen LogP contribution < -0.4 is 19.7 Å². The van der Waals surface area contributed by atoms with Gasteiger partial charge in [-0.3, -0.25) is 0 Å². The molecule has 0 aliphatic heterocycles. The molecule has 0 atom stereocenters. The van der Waals surface area contributed by atoms with E-state index in [2.05, 4.69) is 54.8 Å². The quantitative estimate of drug-likeness (QED) is 0.137. The fourth-order valence-electron chi connectivity index (χ4n) is 4.10. The Balaban J connectivity index is 0.000000177. The minimum absolute atomic E-state index is 0.587. The topological polar surface area (TPSA) is 112 Å². The Morgan fingerprint density at radius 3 is 1.83 bits per heavy atom. The van der Waals surface area contributed by atoms with E-state index in [-0.39, 0.29) is 0 Å². The van der Waals surface area contributed by atoms with Gasteiger partial charge in [-0.2, -0.15) is 0 Å². The molecule has 0 fully saturated rings. The second-order valence-electron chi connectivity index (χ2n) is 9.00. The summed E-state index contributed by atoms with van der Waals surface area (Å²) in [5.41, 5.74) is 5.17. The molecule has 0 amide bonds. The first-order valence-corrected chi connectivity index (χ1v) is 14.6. The SMILES string of the molecule is COc1ccc(N([11CH3])c2ncnc3occ(C)c23)cc1.COc1ccc(Nc2ncnc3occ(C)c23)cc1.C[11CH2]I. The number of nitrogens with zero attached hydrogens (tertiary/aromatic N) is 5. The number of benzene rings is 2. The number of furan rings is 2. The van der Waals surface area contributed by atoms with E-state index in [1.807, 2.05) is 74.3 Å². The molecule has 1 N–H and O–H groups in total. The average Bonchev–Trinajstić information content (AvgIpc) is 3.60. The summed E-state index contributed by atoms with van der Waals surface area (Å²) in [5, 5.41) is 5.10. The summed E-state index contributed by atoms with van der Waals surface area (Å²) in [6.07, 6.45) is 6.38. The van der Waals surface area contributed by atoms with Crippen LogP contribution in [0.2, 0.25) is 0 Å². The predicted molar refractivity (Wildman–Crippen MR) is 175 cm³/mol. The Labute approximate surface area is 258 Å². The number of hydrogen-bond acceptors (Lipinski definition) is 10. The van der Waals surface area contributed by atoms with Crippen LogP contribution in [0.3, 0.4) is 0 Å². The molecule has 11 heteroatoms. The molecule has 0 spiro atoms. The lowest BCUT2D eigenvalue weighted by atomic mass is 10.2. The van der Waals surface area contributed by atoms with Gasteiger partial charge in [-0.05, 0) is 66.8 Å². The number of aromatic nitrogens is 4. The van der Waals surface area contributed by atoms with Crippen molar-refractivity contribution in [3.8, 4) is 11.5 Å². The van der Waals surface area contributed by atoms with Crippen LogP contribution in [-0.4, -0.2) is 45.6 Å². The standard InChI is InChI=1S/C15H15N3O2.C14H13N3O2.C2H5I/c1-10-8-20-15-13(10)14(16-9-17-15)18(2)11-4-6-12(19-3)7-5-11;1-9-7-19-14-12(9)13(15-8-16-14)17-10-3-5-11(18-2)6-4-10;1-2-3/h4-9H,1-3H3;3-8H,1-2H3,(H,15,16,17);2H2,1H3/i2-1;;2-1. The van der Waals surface area contributed by atoms with E-state index >= 15 is 0 Å². The summed E-state index contributed by atoms with van der Waals surface area (Å²) in [6.45, 7) is 6.06. The minimum Gasteiger partial charge on any atom is -0.497 e. The van der Waals surface area contributed by atoms with Gasteiger partial charge in [0.05, 0.1) is 37.5 Å². The predicted octanol–water partition coefficient (Wildman–Crippen LogP) is 8.03. The van der Waals surface area contributed by atoms with Crippen LogP contribution >= 0.6 is 22.6 Å². The first-order chi connectivity index (χ1) is 20.4. The fraction of sp³-hybridized carbons (Fsp3) is 0.226. The number of hydrogen-bond donors (Lipinski definition) is 1. The molecule has 0 aliphatic rings. The molecule has 2 aromatic carbocycles. The van der Waals surface area contributed by atoms with Gasteiger partial charge in [-0.25, -0.2) is 19.9 Å². The van der Waals surface area contributed by atoms with E-state index in [1.165, 1.54) is 17.1 Å². The van der Waals surface area contributed by atoms with E-state index in [0.717, 1.165) is 56.4 Å². The molecule has 4 aromatic heterocycles. The number of methoxy groups -OCH3 is 2.